The van der Waals surface area contributed by atoms with E-state index in [4.69, 9.17) is 14.2 Å². The monoisotopic (exact) mass is 394 g/mol. The Labute approximate surface area is 148 Å². The number of alkyl carbamates (subject to hydrolysis) is 1. The van der Waals surface area contributed by atoms with Gasteiger partial charge in [-0.05, 0) is 22.0 Å². The van der Waals surface area contributed by atoms with Gasteiger partial charge in [-0.25, -0.2) is 13.2 Å². The highest BCUT2D eigenvalue weighted by molar-refractivity contribution is 8.71. The average Bonchev–Trinajstić information content (AvgIpc) is 2.56. The highest BCUT2D eigenvalue weighted by Crippen LogP contribution is 2.37. The first-order chi connectivity index (χ1) is 11.7. The number of carbonyl (C=O) groups is 1. The van der Waals surface area contributed by atoms with E-state index in [-0.39, 0.29) is 35.0 Å². The zero-order valence-corrected chi connectivity index (χ0v) is 15.3. The van der Waals surface area contributed by atoms with Crippen LogP contribution in [0.4, 0.5) is 10.5 Å². The van der Waals surface area contributed by atoms with E-state index in [0.29, 0.717) is 10.8 Å². The van der Waals surface area contributed by atoms with Crippen molar-refractivity contribution in [2.75, 3.05) is 32.8 Å². The summed E-state index contributed by atoms with van der Waals surface area (Å²) in [5.74, 6) is 0.537. The Hall–Kier alpha value is -2.05. The maximum Gasteiger partial charge on any atom is 0.409 e. The molecule has 2 N–H and O–H groups in total. The highest BCUT2D eigenvalue weighted by atomic mass is 33.1. The van der Waals surface area contributed by atoms with Gasteiger partial charge in [0.05, 0.1) is 19.8 Å². The number of ether oxygens (including phenoxy) is 3. The molecule has 140 valence electrons. The van der Waals surface area contributed by atoms with Crippen molar-refractivity contribution in [3.05, 3.63) is 22.6 Å². The fourth-order valence-electron chi connectivity index (χ4n) is 1.71. The fourth-order valence-corrected chi connectivity index (χ4v) is 3.36. The fraction of sp³-hybridized carbons (Fsp3) is 0.462. The summed E-state index contributed by atoms with van der Waals surface area (Å²) in [5.41, 5.74) is -0.279. The lowest BCUT2D eigenvalue weighted by atomic mass is 10.1. The second kappa shape index (κ2) is 9.44. The van der Waals surface area contributed by atoms with Crippen LogP contribution in [0.15, 0.2) is 17.3 Å². The molecule has 0 saturated carbocycles. The lowest BCUT2D eigenvalue weighted by Gasteiger charge is -2.16. The van der Waals surface area contributed by atoms with Gasteiger partial charge in [0, 0.05) is 24.6 Å². The van der Waals surface area contributed by atoms with Crippen LogP contribution in [0.2, 0.25) is 0 Å². The van der Waals surface area contributed by atoms with Crippen molar-refractivity contribution in [2.45, 2.75) is 6.29 Å². The zero-order valence-electron chi connectivity index (χ0n) is 13.7. The van der Waals surface area contributed by atoms with E-state index < -0.39 is 21.3 Å². The van der Waals surface area contributed by atoms with Crippen LogP contribution in [0.3, 0.4) is 0 Å². The molecular weight excluding hydrogens is 376 g/mol. The van der Waals surface area contributed by atoms with E-state index in [2.05, 4.69) is 10.5 Å². The Morgan fingerprint density at radius 3 is 2.44 bits per heavy atom. The number of rotatable bonds is 9. The summed E-state index contributed by atoms with van der Waals surface area (Å²) in [5, 5.41) is 15.0. The summed E-state index contributed by atoms with van der Waals surface area (Å²) in [7, 11) is 0.168. The molecule has 12 heteroatoms. The van der Waals surface area contributed by atoms with Crippen molar-refractivity contribution < 1.29 is 32.5 Å². The number of carbonyl (C=O) groups excluding carboxylic acids is 1. The van der Waals surface area contributed by atoms with Crippen LogP contribution in [0.5, 0.6) is 11.5 Å². The molecule has 10 nitrogen and oxygen atoms in total. The topological polar surface area (TPSA) is 141 Å². The van der Waals surface area contributed by atoms with Gasteiger partial charge in [-0.15, -0.1) is 4.91 Å². The molecule has 0 radical (unpaired) electrons. The van der Waals surface area contributed by atoms with Crippen LogP contribution in [0.1, 0.15) is 11.9 Å². The van der Waals surface area contributed by atoms with Gasteiger partial charge in [0.1, 0.15) is 5.69 Å². The summed E-state index contributed by atoms with van der Waals surface area (Å²) >= 11 is 0. The number of hydrogen-bond donors (Lipinski definition) is 2. The van der Waals surface area contributed by atoms with E-state index in [0.717, 1.165) is 6.26 Å². The lowest BCUT2D eigenvalue weighted by molar-refractivity contribution is -0.0540. The van der Waals surface area contributed by atoms with E-state index in [9.17, 15) is 23.2 Å². The molecule has 1 atom stereocenters. The summed E-state index contributed by atoms with van der Waals surface area (Å²) in [6.45, 7) is 0.00795. The van der Waals surface area contributed by atoms with Crippen molar-refractivity contribution in [2.24, 2.45) is 5.18 Å². The first-order valence-corrected chi connectivity index (χ1v) is 10.2. The van der Waals surface area contributed by atoms with Gasteiger partial charge in [-0.3, -0.25) is 0 Å². The SMILES string of the molecule is COc1cc(N=O)c(C(O)OC(=O)NCCSS(C)(=O)=O)cc1OC. The second-order valence-electron chi connectivity index (χ2n) is 4.57. The van der Waals surface area contributed by atoms with Crippen LogP contribution in [-0.2, 0) is 13.6 Å². The predicted molar refractivity (Wildman–Crippen MR) is 91.7 cm³/mol. The number of hydrogen-bond acceptors (Lipinski definition) is 10. The molecule has 0 fully saturated rings. The number of amides is 1. The first kappa shape index (κ1) is 21.0. The minimum atomic E-state index is -3.21. The average molecular weight is 394 g/mol. The smallest absolute Gasteiger partial charge is 0.409 e. The van der Waals surface area contributed by atoms with Crippen LogP contribution in [-0.4, -0.2) is 52.4 Å². The molecule has 0 spiro atoms. The van der Waals surface area contributed by atoms with Crippen LogP contribution in [0, 0.1) is 4.91 Å². The number of aliphatic hydroxyl groups is 1. The number of benzene rings is 1. The zero-order chi connectivity index (χ0) is 19.0. The number of nitrogens with one attached hydrogen (secondary N) is 1. The van der Waals surface area contributed by atoms with Gasteiger partial charge < -0.3 is 24.6 Å². The quantitative estimate of drug-likeness (QED) is 0.276. The predicted octanol–water partition coefficient (Wildman–Crippen LogP) is 1.51. The third-order valence-electron chi connectivity index (χ3n) is 2.78. The Morgan fingerprint density at radius 2 is 1.92 bits per heavy atom. The number of methoxy groups -OCH3 is 2. The van der Waals surface area contributed by atoms with Gasteiger partial charge in [0.2, 0.25) is 6.29 Å². The number of nitrogens with zero attached hydrogens (tertiary/aromatic N) is 1. The molecule has 0 saturated heterocycles. The van der Waals surface area contributed by atoms with E-state index in [1.165, 1.54) is 26.4 Å². The molecule has 0 aromatic heterocycles. The largest absolute Gasteiger partial charge is 0.493 e. The molecule has 1 unspecified atom stereocenters. The molecular formula is C13H18N2O8S2. The van der Waals surface area contributed by atoms with Crippen molar-refractivity contribution in [3.8, 4) is 11.5 Å². The Bertz CT molecular complexity index is 723. The van der Waals surface area contributed by atoms with Gasteiger partial charge in [0.25, 0.3) is 0 Å². The molecule has 25 heavy (non-hydrogen) atoms. The third kappa shape index (κ3) is 6.76. The minimum absolute atomic E-state index is 0.00795. The highest BCUT2D eigenvalue weighted by Gasteiger charge is 2.21. The number of aliphatic hydroxyl groups excluding tert-OH is 1. The summed E-state index contributed by atoms with van der Waals surface area (Å²) in [6.07, 6.45) is -1.73. The standard InChI is InChI=1S/C13H18N2O8S2/c1-21-10-6-8(9(15-18)7-11(10)22-2)12(16)23-13(17)14-4-5-24-25(3,19)20/h6-7,12,16H,4-5H2,1-3H3,(H,14,17). The molecule has 0 bridgehead atoms. The molecule has 1 aromatic rings. The van der Waals surface area contributed by atoms with Crippen molar-refractivity contribution >= 4 is 31.4 Å². The van der Waals surface area contributed by atoms with Crippen LogP contribution in [0.25, 0.3) is 0 Å². The van der Waals surface area contributed by atoms with Crippen LogP contribution < -0.4 is 14.8 Å². The third-order valence-corrected chi connectivity index (χ3v) is 5.37. The molecule has 0 aliphatic carbocycles. The van der Waals surface area contributed by atoms with Gasteiger partial charge in [0.15, 0.2) is 20.4 Å². The molecule has 1 rings (SSSR count). The van der Waals surface area contributed by atoms with Gasteiger partial charge >= 0.3 is 6.09 Å². The van der Waals surface area contributed by atoms with E-state index in [1.807, 2.05) is 0 Å². The first-order valence-electron chi connectivity index (χ1n) is 6.78. The summed E-state index contributed by atoms with van der Waals surface area (Å²) < 4.78 is 36.7. The second-order valence-corrected chi connectivity index (χ2v) is 9.14. The maximum absolute atomic E-state index is 11.6. The molecule has 1 aromatic carbocycles. The van der Waals surface area contributed by atoms with E-state index in [1.54, 1.807) is 0 Å². The maximum atomic E-state index is 11.6. The van der Waals surface area contributed by atoms with E-state index >= 15 is 0 Å². The van der Waals surface area contributed by atoms with Gasteiger partial charge in [-0.2, -0.15) is 0 Å². The lowest BCUT2D eigenvalue weighted by Crippen LogP contribution is -2.28. The Kier molecular flexibility index (Phi) is 7.93. The molecule has 1 amide bonds. The minimum Gasteiger partial charge on any atom is -0.493 e. The number of nitroso groups, excluding NO2 is 1. The Balaban J connectivity index is 2.74. The summed E-state index contributed by atoms with van der Waals surface area (Å²) in [4.78, 5) is 22.5. The van der Waals surface area contributed by atoms with Crippen molar-refractivity contribution in [1.29, 1.82) is 0 Å². The normalized spacial score (nSPS) is 12.2. The van der Waals surface area contributed by atoms with Crippen molar-refractivity contribution in [1.82, 2.24) is 5.32 Å². The molecule has 0 heterocycles. The van der Waals surface area contributed by atoms with Gasteiger partial charge in [-0.1, -0.05) is 0 Å². The van der Waals surface area contributed by atoms with Crippen molar-refractivity contribution in [3.63, 3.8) is 0 Å². The summed E-state index contributed by atoms with van der Waals surface area (Å²) in [6, 6.07) is 2.49. The molecule has 0 aliphatic heterocycles. The Morgan fingerprint density at radius 1 is 1.32 bits per heavy atom. The van der Waals surface area contributed by atoms with Crippen LogP contribution >= 0.6 is 10.8 Å². The molecule has 0 aliphatic rings.